The van der Waals surface area contributed by atoms with Gasteiger partial charge in [0.25, 0.3) is 0 Å². The molecule has 2 N–H and O–H groups in total. The number of anilines is 1. The standard InChI is InChI=1S/C16H25N5O2/c1-4-5-7-21(8-6-9-22)16(23)18-13-10-14-12(2)19-20(3)15(14)17-11-13/h10-11,22H,4-9H2,1-3H3,(H,18,23). The number of fused-ring (bicyclic) bond motifs is 1. The Labute approximate surface area is 136 Å². The second-order valence-corrected chi connectivity index (χ2v) is 5.65. The Kier molecular flexibility index (Phi) is 5.92. The third-order valence-corrected chi connectivity index (χ3v) is 3.77. The van der Waals surface area contributed by atoms with Gasteiger partial charge in [-0.1, -0.05) is 13.3 Å². The Morgan fingerprint density at radius 3 is 2.83 bits per heavy atom. The number of carbonyl (C=O) groups excluding carboxylic acids is 1. The van der Waals surface area contributed by atoms with Crippen LogP contribution in [0.5, 0.6) is 0 Å². The molecule has 0 aliphatic rings. The van der Waals surface area contributed by atoms with E-state index in [-0.39, 0.29) is 12.6 Å². The van der Waals surface area contributed by atoms with Crippen LogP contribution in [0.3, 0.4) is 0 Å². The number of urea groups is 1. The van der Waals surface area contributed by atoms with Gasteiger partial charge < -0.3 is 15.3 Å². The predicted molar refractivity (Wildman–Crippen MR) is 90.4 cm³/mol. The Morgan fingerprint density at radius 1 is 1.39 bits per heavy atom. The fourth-order valence-electron chi connectivity index (χ4n) is 2.50. The van der Waals surface area contributed by atoms with Crippen LogP contribution in [-0.4, -0.2) is 50.5 Å². The average molecular weight is 319 g/mol. The van der Waals surface area contributed by atoms with Gasteiger partial charge in [-0.15, -0.1) is 0 Å². The maximum atomic E-state index is 12.4. The molecule has 2 heterocycles. The number of hydrogen-bond acceptors (Lipinski definition) is 4. The zero-order valence-electron chi connectivity index (χ0n) is 14.0. The fraction of sp³-hybridized carbons (Fsp3) is 0.562. The molecule has 2 aromatic rings. The van der Waals surface area contributed by atoms with E-state index in [4.69, 9.17) is 5.11 Å². The summed E-state index contributed by atoms with van der Waals surface area (Å²) in [7, 11) is 1.85. The van der Waals surface area contributed by atoms with Gasteiger partial charge in [0.05, 0.1) is 17.6 Å². The van der Waals surface area contributed by atoms with Crippen molar-refractivity contribution in [2.24, 2.45) is 7.05 Å². The van der Waals surface area contributed by atoms with E-state index < -0.39 is 0 Å². The fourth-order valence-corrected chi connectivity index (χ4v) is 2.50. The molecular formula is C16H25N5O2. The number of aryl methyl sites for hydroxylation is 2. The first kappa shape index (κ1) is 17.2. The molecule has 7 nitrogen and oxygen atoms in total. The summed E-state index contributed by atoms with van der Waals surface area (Å²) in [6.45, 7) is 5.32. The summed E-state index contributed by atoms with van der Waals surface area (Å²) in [5.41, 5.74) is 2.34. The zero-order chi connectivity index (χ0) is 16.8. The smallest absolute Gasteiger partial charge is 0.321 e. The summed E-state index contributed by atoms with van der Waals surface area (Å²) in [5.74, 6) is 0. The number of rotatable bonds is 7. The lowest BCUT2D eigenvalue weighted by molar-refractivity contribution is 0.201. The molecule has 0 atom stereocenters. The molecule has 0 saturated heterocycles. The number of carbonyl (C=O) groups is 1. The number of pyridine rings is 1. The maximum absolute atomic E-state index is 12.4. The molecule has 2 rings (SSSR count). The third-order valence-electron chi connectivity index (χ3n) is 3.77. The predicted octanol–water partition coefficient (Wildman–Crippen LogP) is 2.29. The average Bonchev–Trinajstić information content (AvgIpc) is 2.81. The highest BCUT2D eigenvalue weighted by molar-refractivity contribution is 5.92. The Hall–Kier alpha value is -2.15. The van der Waals surface area contributed by atoms with Crippen molar-refractivity contribution >= 4 is 22.8 Å². The lowest BCUT2D eigenvalue weighted by Crippen LogP contribution is -2.36. The van der Waals surface area contributed by atoms with Crippen LogP contribution in [0.15, 0.2) is 12.3 Å². The van der Waals surface area contributed by atoms with E-state index in [1.165, 1.54) is 0 Å². The highest BCUT2D eigenvalue weighted by Gasteiger charge is 2.14. The first-order chi connectivity index (χ1) is 11.1. The second kappa shape index (κ2) is 7.92. The van der Waals surface area contributed by atoms with Gasteiger partial charge in [0.2, 0.25) is 0 Å². The van der Waals surface area contributed by atoms with Gasteiger partial charge in [-0.05, 0) is 25.8 Å². The zero-order valence-corrected chi connectivity index (χ0v) is 14.0. The Balaban J connectivity index is 2.11. The molecule has 2 aromatic heterocycles. The minimum Gasteiger partial charge on any atom is -0.396 e. The number of hydrogen-bond donors (Lipinski definition) is 2. The van der Waals surface area contributed by atoms with Crippen molar-refractivity contribution in [3.63, 3.8) is 0 Å². The third kappa shape index (κ3) is 4.19. The van der Waals surface area contributed by atoms with Crippen LogP contribution in [-0.2, 0) is 7.05 Å². The first-order valence-electron chi connectivity index (χ1n) is 8.03. The number of aliphatic hydroxyl groups is 1. The van der Waals surface area contributed by atoms with Crippen molar-refractivity contribution in [1.82, 2.24) is 19.7 Å². The number of unbranched alkanes of at least 4 members (excludes halogenated alkanes) is 1. The van der Waals surface area contributed by atoms with E-state index in [1.54, 1.807) is 15.8 Å². The second-order valence-electron chi connectivity index (χ2n) is 5.65. The largest absolute Gasteiger partial charge is 0.396 e. The van der Waals surface area contributed by atoms with Gasteiger partial charge in [-0.2, -0.15) is 5.10 Å². The van der Waals surface area contributed by atoms with Crippen LogP contribution in [0.2, 0.25) is 0 Å². The van der Waals surface area contributed by atoms with Crippen LogP contribution in [0.25, 0.3) is 11.0 Å². The molecule has 2 amide bonds. The van der Waals surface area contributed by atoms with Crippen molar-refractivity contribution in [2.75, 3.05) is 25.0 Å². The highest BCUT2D eigenvalue weighted by Crippen LogP contribution is 2.19. The molecule has 23 heavy (non-hydrogen) atoms. The molecule has 0 radical (unpaired) electrons. The maximum Gasteiger partial charge on any atom is 0.321 e. The van der Waals surface area contributed by atoms with E-state index in [0.29, 0.717) is 25.2 Å². The van der Waals surface area contributed by atoms with Crippen molar-refractivity contribution in [3.05, 3.63) is 18.0 Å². The first-order valence-corrected chi connectivity index (χ1v) is 8.03. The van der Waals surface area contributed by atoms with Crippen LogP contribution in [0.4, 0.5) is 10.5 Å². The molecule has 7 heteroatoms. The van der Waals surface area contributed by atoms with Gasteiger partial charge in [0.1, 0.15) is 0 Å². The monoisotopic (exact) mass is 319 g/mol. The lowest BCUT2D eigenvalue weighted by atomic mass is 10.2. The van der Waals surface area contributed by atoms with Crippen LogP contribution in [0, 0.1) is 6.92 Å². The molecule has 0 unspecified atom stereocenters. The van der Waals surface area contributed by atoms with E-state index in [0.717, 1.165) is 29.6 Å². The molecule has 0 aliphatic carbocycles. The summed E-state index contributed by atoms with van der Waals surface area (Å²) in [6, 6.07) is 1.74. The Bertz CT molecular complexity index is 660. The molecule has 0 bridgehead atoms. The molecule has 0 aromatic carbocycles. The van der Waals surface area contributed by atoms with Crippen LogP contribution in [0.1, 0.15) is 31.9 Å². The number of aliphatic hydroxyl groups excluding tert-OH is 1. The molecule has 0 aliphatic heterocycles. The number of nitrogens with zero attached hydrogens (tertiary/aromatic N) is 4. The van der Waals surface area contributed by atoms with Crippen molar-refractivity contribution in [1.29, 1.82) is 0 Å². The van der Waals surface area contributed by atoms with Crippen molar-refractivity contribution in [3.8, 4) is 0 Å². The summed E-state index contributed by atoms with van der Waals surface area (Å²) < 4.78 is 1.73. The van der Waals surface area contributed by atoms with Crippen LogP contribution >= 0.6 is 0 Å². The highest BCUT2D eigenvalue weighted by atomic mass is 16.3. The topological polar surface area (TPSA) is 83.3 Å². The SMILES string of the molecule is CCCCN(CCCO)C(=O)Nc1cnc2c(c1)c(C)nn2C. The van der Waals surface area contributed by atoms with Crippen LogP contribution < -0.4 is 5.32 Å². The van der Waals surface area contributed by atoms with E-state index in [2.05, 4.69) is 22.3 Å². The summed E-state index contributed by atoms with van der Waals surface area (Å²) in [5, 5.41) is 17.1. The van der Waals surface area contributed by atoms with E-state index in [9.17, 15) is 4.79 Å². The molecule has 0 saturated carbocycles. The quantitative estimate of drug-likeness (QED) is 0.820. The van der Waals surface area contributed by atoms with Crippen molar-refractivity contribution in [2.45, 2.75) is 33.1 Å². The van der Waals surface area contributed by atoms with Gasteiger partial charge in [-0.25, -0.2) is 9.78 Å². The molecule has 0 fully saturated rings. The minimum atomic E-state index is -0.158. The summed E-state index contributed by atoms with van der Waals surface area (Å²) in [4.78, 5) is 18.5. The number of amides is 2. The normalized spacial score (nSPS) is 11.0. The summed E-state index contributed by atoms with van der Waals surface area (Å²) in [6.07, 6.45) is 4.19. The van der Waals surface area contributed by atoms with Gasteiger partial charge in [0, 0.05) is 32.1 Å². The van der Waals surface area contributed by atoms with Crippen molar-refractivity contribution < 1.29 is 9.90 Å². The van der Waals surface area contributed by atoms with Gasteiger partial charge in [0.15, 0.2) is 5.65 Å². The minimum absolute atomic E-state index is 0.0816. The lowest BCUT2D eigenvalue weighted by Gasteiger charge is -2.22. The molecule has 0 spiro atoms. The van der Waals surface area contributed by atoms with E-state index >= 15 is 0 Å². The Morgan fingerprint density at radius 2 is 2.13 bits per heavy atom. The van der Waals surface area contributed by atoms with Gasteiger partial charge >= 0.3 is 6.03 Å². The molecule has 126 valence electrons. The summed E-state index contributed by atoms with van der Waals surface area (Å²) >= 11 is 0. The molecular weight excluding hydrogens is 294 g/mol. The van der Waals surface area contributed by atoms with Gasteiger partial charge in [-0.3, -0.25) is 4.68 Å². The van der Waals surface area contributed by atoms with E-state index in [1.807, 2.05) is 20.0 Å². The number of aromatic nitrogens is 3. The number of nitrogens with one attached hydrogen (secondary N) is 1.